The molecule has 100 valence electrons. The van der Waals surface area contributed by atoms with Gasteiger partial charge in [-0.3, -0.25) is 0 Å². The van der Waals surface area contributed by atoms with Gasteiger partial charge >= 0.3 is 0 Å². The van der Waals surface area contributed by atoms with Crippen LogP contribution in [0.4, 0.5) is 0 Å². The summed E-state index contributed by atoms with van der Waals surface area (Å²) in [6.07, 6.45) is 1.54. The molecule has 0 atom stereocenters. The van der Waals surface area contributed by atoms with Gasteiger partial charge < -0.3 is 4.74 Å². The highest BCUT2D eigenvalue weighted by atomic mass is 35.5. The van der Waals surface area contributed by atoms with E-state index in [2.05, 4.69) is 10.1 Å². The first-order valence-electron chi connectivity index (χ1n) is 6.08. The fraction of sp³-hybridized carbons (Fsp3) is 0.0667. The lowest BCUT2D eigenvalue weighted by Crippen LogP contribution is -1.99. The molecule has 0 aliphatic heterocycles. The molecule has 4 nitrogen and oxygen atoms in total. The van der Waals surface area contributed by atoms with Crippen molar-refractivity contribution in [3.63, 3.8) is 0 Å². The Bertz CT molecular complexity index is 705. The molecular formula is C15H12ClN3O. The molecule has 2 aromatic carbocycles. The second-order valence-corrected chi connectivity index (χ2v) is 4.64. The number of benzene rings is 2. The van der Waals surface area contributed by atoms with Crippen LogP contribution in [0.25, 0.3) is 17.1 Å². The third kappa shape index (κ3) is 2.38. The molecule has 0 saturated carbocycles. The zero-order chi connectivity index (χ0) is 13.9. The molecule has 0 aliphatic rings. The van der Waals surface area contributed by atoms with Gasteiger partial charge in [0.05, 0.1) is 12.8 Å². The summed E-state index contributed by atoms with van der Waals surface area (Å²) in [7, 11) is 1.64. The summed E-state index contributed by atoms with van der Waals surface area (Å²) < 4.78 is 6.93. The normalized spacial score (nSPS) is 10.5. The van der Waals surface area contributed by atoms with E-state index >= 15 is 0 Å². The number of methoxy groups -OCH3 is 1. The van der Waals surface area contributed by atoms with Crippen molar-refractivity contribution in [2.24, 2.45) is 0 Å². The summed E-state index contributed by atoms with van der Waals surface area (Å²) in [6.45, 7) is 0. The van der Waals surface area contributed by atoms with Crippen molar-refractivity contribution in [1.29, 1.82) is 0 Å². The molecular weight excluding hydrogens is 274 g/mol. The first-order valence-corrected chi connectivity index (χ1v) is 6.46. The maximum atomic E-state index is 5.90. The van der Waals surface area contributed by atoms with Crippen LogP contribution in [0.3, 0.4) is 0 Å². The van der Waals surface area contributed by atoms with Gasteiger partial charge in [0.15, 0.2) is 5.82 Å². The van der Waals surface area contributed by atoms with Crippen molar-refractivity contribution in [3.8, 4) is 22.8 Å². The third-order valence-corrected chi connectivity index (χ3v) is 3.22. The second-order valence-electron chi connectivity index (χ2n) is 4.20. The van der Waals surface area contributed by atoms with Gasteiger partial charge in [0.2, 0.25) is 0 Å². The van der Waals surface area contributed by atoms with Crippen molar-refractivity contribution in [1.82, 2.24) is 14.8 Å². The highest BCUT2D eigenvalue weighted by Crippen LogP contribution is 2.23. The molecule has 0 unspecified atom stereocenters. The molecule has 0 N–H and O–H groups in total. The Morgan fingerprint density at radius 1 is 1.00 bits per heavy atom. The monoisotopic (exact) mass is 285 g/mol. The number of ether oxygens (including phenoxy) is 1. The van der Waals surface area contributed by atoms with Crippen LogP contribution in [0.2, 0.25) is 5.02 Å². The largest absolute Gasteiger partial charge is 0.497 e. The summed E-state index contributed by atoms with van der Waals surface area (Å²) in [5.41, 5.74) is 1.89. The molecule has 0 aliphatic carbocycles. The Morgan fingerprint density at radius 2 is 1.70 bits per heavy atom. The number of nitrogens with zero attached hydrogens (tertiary/aromatic N) is 3. The minimum atomic E-state index is 0.694. The Balaban J connectivity index is 2.02. The lowest BCUT2D eigenvalue weighted by molar-refractivity contribution is 0.415. The summed E-state index contributed by atoms with van der Waals surface area (Å²) in [4.78, 5) is 4.32. The van der Waals surface area contributed by atoms with Crippen molar-refractivity contribution in [3.05, 3.63) is 59.9 Å². The number of hydrogen-bond donors (Lipinski definition) is 0. The van der Waals surface area contributed by atoms with E-state index in [4.69, 9.17) is 16.3 Å². The standard InChI is InChI=1S/C15H12ClN3O/c1-20-14-8-2-11(3-9-14)15-17-10-18-19(15)13-6-4-12(16)5-7-13/h2-10H,1H3. The van der Waals surface area contributed by atoms with Gasteiger partial charge in [0.1, 0.15) is 12.1 Å². The van der Waals surface area contributed by atoms with E-state index in [0.717, 1.165) is 22.8 Å². The fourth-order valence-electron chi connectivity index (χ4n) is 1.95. The predicted octanol–water partition coefficient (Wildman–Crippen LogP) is 3.60. The number of hydrogen-bond acceptors (Lipinski definition) is 3. The number of rotatable bonds is 3. The molecule has 0 saturated heterocycles. The van der Waals surface area contributed by atoms with Gasteiger partial charge in [-0.1, -0.05) is 11.6 Å². The maximum absolute atomic E-state index is 5.90. The molecule has 3 rings (SSSR count). The number of aromatic nitrogens is 3. The van der Waals surface area contributed by atoms with Crippen molar-refractivity contribution < 1.29 is 4.74 Å². The Hall–Kier alpha value is -2.33. The summed E-state index contributed by atoms with van der Waals surface area (Å²) in [6, 6.07) is 15.2. The van der Waals surface area contributed by atoms with Crippen LogP contribution in [0.5, 0.6) is 5.75 Å². The minimum Gasteiger partial charge on any atom is -0.497 e. The molecule has 20 heavy (non-hydrogen) atoms. The molecule has 5 heteroatoms. The summed E-state index contributed by atoms with van der Waals surface area (Å²) in [5, 5.41) is 4.96. The van der Waals surface area contributed by atoms with E-state index < -0.39 is 0 Å². The Kier molecular flexibility index (Phi) is 3.39. The summed E-state index contributed by atoms with van der Waals surface area (Å²) >= 11 is 5.90. The van der Waals surface area contributed by atoms with Gasteiger partial charge in [-0.25, -0.2) is 9.67 Å². The van der Waals surface area contributed by atoms with Crippen LogP contribution in [0.15, 0.2) is 54.9 Å². The Labute approximate surface area is 121 Å². The van der Waals surface area contributed by atoms with Crippen LogP contribution >= 0.6 is 11.6 Å². The van der Waals surface area contributed by atoms with Gasteiger partial charge in [-0.2, -0.15) is 5.10 Å². The molecule has 0 amide bonds. The zero-order valence-electron chi connectivity index (χ0n) is 10.8. The Morgan fingerprint density at radius 3 is 2.35 bits per heavy atom. The lowest BCUT2D eigenvalue weighted by atomic mass is 10.2. The highest BCUT2D eigenvalue weighted by Gasteiger charge is 2.09. The van der Waals surface area contributed by atoms with Crippen molar-refractivity contribution in [2.45, 2.75) is 0 Å². The SMILES string of the molecule is COc1ccc(-c2ncnn2-c2ccc(Cl)cc2)cc1. The lowest BCUT2D eigenvalue weighted by Gasteiger charge is -2.07. The van der Waals surface area contributed by atoms with E-state index in [-0.39, 0.29) is 0 Å². The maximum Gasteiger partial charge on any atom is 0.163 e. The summed E-state index contributed by atoms with van der Waals surface area (Å²) in [5.74, 6) is 1.58. The van der Waals surface area contributed by atoms with Gasteiger partial charge in [-0.05, 0) is 48.5 Å². The van der Waals surface area contributed by atoms with Gasteiger partial charge in [0, 0.05) is 10.6 Å². The molecule has 0 radical (unpaired) electrons. The topological polar surface area (TPSA) is 39.9 Å². The van der Waals surface area contributed by atoms with E-state index in [1.54, 1.807) is 11.8 Å². The smallest absolute Gasteiger partial charge is 0.163 e. The quantitative estimate of drug-likeness (QED) is 0.738. The van der Waals surface area contributed by atoms with Crippen LogP contribution < -0.4 is 4.74 Å². The average molecular weight is 286 g/mol. The molecule has 1 aromatic heterocycles. The number of halogens is 1. The predicted molar refractivity (Wildman–Crippen MR) is 78.4 cm³/mol. The zero-order valence-corrected chi connectivity index (χ0v) is 11.6. The van der Waals surface area contributed by atoms with Crippen molar-refractivity contribution in [2.75, 3.05) is 7.11 Å². The molecule has 0 spiro atoms. The van der Waals surface area contributed by atoms with E-state index in [0.29, 0.717) is 5.02 Å². The van der Waals surface area contributed by atoms with E-state index in [1.165, 1.54) is 6.33 Å². The molecule has 0 fully saturated rings. The minimum absolute atomic E-state index is 0.694. The first-order chi connectivity index (χ1) is 9.78. The van der Waals surface area contributed by atoms with Crippen LogP contribution in [-0.4, -0.2) is 21.9 Å². The highest BCUT2D eigenvalue weighted by molar-refractivity contribution is 6.30. The van der Waals surface area contributed by atoms with Gasteiger partial charge in [-0.15, -0.1) is 0 Å². The molecule has 3 aromatic rings. The van der Waals surface area contributed by atoms with Crippen LogP contribution in [0.1, 0.15) is 0 Å². The van der Waals surface area contributed by atoms with E-state index in [1.807, 2.05) is 48.5 Å². The average Bonchev–Trinajstić information content (AvgIpc) is 2.97. The third-order valence-electron chi connectivity index (χ3n) is 2.97. The van der Waals surface area contributed by atoms with Crippen LogP contribution in [-0.2, 0) is 0 Å². The fourth-order valence-corrected chi connectivity index (χ4v) is 2.08. The van der Waals surface area contributed by atoms with E-state index in [9.17, 15) is 0 Å². The first kappa shape index (κ1) is 12.7. The van der Waals surface area contributed by atoms with Gasteiger partial charge in [0.25, 0.3) is 0 Å². The molecule has 1 heterocycles. The van der Waals surface area contributed by atoms with Crippen molar-refractivity contribution >= 4 is 11.6 Å². The second kappa shape index (κ2) is 5.35. The van der Waals surface area contributed by atoms with Crippen LogP contribution in [0, 0.1) is 0 Å². The molecule has 0 bridgehead atoms.